The van der Waals surface area contributed by atoms with Gasteiger partial charge in [0.1, 0.15) is 0 Å². The summed E-state index contributed by atoms with van der Waals surface area (Å²) in [6.07, 6.45) is 0.264. The molecule has 2 aromatic rings. The van der Waals surface area contributed by atoms with E-state index in [9.17, 15) is 9.59 Å². The van der Waals surface area contributed by atoms with E-state index in [1.807, 2.05) is 16.8 Å². The van der Waals surface area contributed by atoms with Crippen molar-refractivity contribution in [3.8, 4) is 0 Å². The number of anilines is 1. The van der Waals surface area contributed by atoms with Crippen molar-refractivity contribution < 1.29 is 14.7 Å². The van der Waals surface area contributed by atoms with Gasteiger partial charge in [-0.15, -0.1) is 0 Å². The molecule has 19 heavy (non-hydrogen) atoms. The van der Waals surface area contributed by atoms with Crippen LogP contribution in [0, 0.1) is 0 Å². The van der Waals surface area contributed by atoms with Crippen molar-refractivity contribution in [1.29, 1.82) is 0 Å². The Bertz CT molecular complexity index is 610. The van der Waals surface area contributed by atoms with Crippen molar-refractivity contribution in [2.24, 2.45) is 0 Å². The first-order chi connectivity index (χ1) is 9.06. The molecule has 0 radical (unpaired) electrons. The van der Waals surface area contributed by atoms with Crippen molar-refractivity contribution in [1.82, 2.24) is 0 Å². The zero-order valence-electron chi connectivity index (χ0n) is 9.72. The summed E-state index contributed by atoms with van der Waals surface area (Å²) >= 11 is 7.45. The standard InChI is InChI=1S/C13H10ClNO3S/c14-10-6-9(13(17)18)1-2-11(10)15-12(16)5-8-3-4-19-7-8/h1-4,6-7H,5H2,(H,15,16)(H,17,18). The number of carbonyl (C=O) groups is 2. The fourth-order valence-electron chi connectivity index (χ4n) is 1.52. The Morgan fingerprint density at radius 2 is 2.11 bits per heavy atom. The maximum Gasteiger partial charge on any atom is 0.335 e. The number of carboxylic acid groups (broad SMARTS) is 1. The van der Waals surface area contributed by atoms with Crippen molar-refractivity contribution in [3.05, 3.63) is 51.2 Å². The van der Waals surface area contributed by atoms with E-state index in [-0.39, 0.29) is 22.9 Å². The van der Waals surface area contributed by atoms with Gasteiger partial charge in [-0.25, -0.2) is 4.79 Å². The Hall–Kier alpha value is -1.85. The van der Waals surface area contributed by atoms with Gasteiger partial charge in [-0.05, 0) is 40.6 Å². The first kappa shape index (κ1) is 13.6. The van der Waals surface area contributed by atoms with E-state index < -0.39 is 5.97 Å². The molecule has 1 amide bonds. The third kappa shape index (κ3) is 3.56. The first-order valence-corrected chi connectivity index (χ1v) is 6.72. The fraction of sp³-hybridized carbons (Fsp3) is 0.0769. The summed E-state index contributed by atoms with van der Waals surface area (Å²) < 4.78 is 0. The maximum atomic E-state index is 11.8. The van der Waals surface area contributed by atoms with Crippen LogP contribution in [-0.4, -0.2) is 17.0 Å². The molecule has 0 saturated heterocycles. The van der Waals surface area contributed by atoms with E-state index >= 15 is 0 Å². The molecule has 0 aliphatic heterocycles. The highest BCUT2D eigenvalue weighted by Gasteiger charge is 2.10. The van der Waals surface area contributed by atoms with Crippen LogP contribution in [0.15, 0.2) is 35.0 Å². The van der Waals surface area contributed by atoms with Gasteiger partial charge in [0.25, 0.3) is 0 Å². The largest absolute Gasteiger partial charge is 0.478 e. The number of rotatable bonds is 4. The van der Waals surface area contributed by atoms with Gasteiger partial charge in [0.2, 0.25) is 5.91 Å². The molecule has 0 spiro atoms. The number of carbonyl (C=O) groups excluding carboxylic acids is 1. The molecule has 0 unspecified atom stereocenters. The normalized spacial score (nSPS) is 10.2. The molecule has 2 N–H and O–H groups in total. The van der Waals surface area contributed by atoms with Crippen LogP contribution in [0.3, 0.4) is 0 Å². The first-order valence-electron chi connectivity index (χ1n) is 5.40. The molecule has 4 nitrogen and oxygen atoms in total. The van der Waals surface area contributed by atoms with Gasteiger partial charge in [0.15, 0.2) is 0 Å². The summed E-state index contributed by atoms with van der Waals surface area (Å²) in [6, 6.07) is 6.06. The third-order valence-electron chi connectivity index (χ3n) is 2.43. The highest BCUT2D eigenvalue weighted by Crippen LogP contribution is 2.23. The van der Waals surface area contributed by atoms with Crippen LogP contribution in [0.4, 0.5) is 5.69 Å². The average molecular weight is 296 g/mol. The van der Waals surface area contributed by atoms with Gasteiger partial charge in [-0.1, -0.05) is 11.6 Å². The highest BCUT2D eigenvalue weighted by molar-refractivity contribution is 7.08. The van der Waals surface area contributed by atoms with Crippen molar-refractivity contribution in [3.63, 3.8) is 0 Å². The Morgan fingerprint density at radius 3 is 2.68 bits per heavy atom. The molecule has 0 saturated carbocycles. The summed E-state index contributed by atoms with van der Waals surface area (Å²) in [5.74, 6) is -1.25. The number of hydrogen-bond donors (Lipinski definition) is 2. The zero-order chi connectivity index (χ0) is 13.8. The van der Waals surface area contributed by atoms with Crippen LogP contribution in [-0.2, 0) is 11.2 Å². The Morgan fingerprint density at radius 1 is 1.32 bits per heavy atom. The van der Waals surface area contributed by atoms with Crippen LogP contribution in [0.5, 0.6) is 0 Å². The maximum absolute atomic E-state index is 11.8. The van der Waals surface area contributed by atoms with Crippen LogP contribution in [0.2, 0.25) is 5.02 Å². The van der Waals surface area contributed by atoms with Gasteiger partial charge >= 0.3 is 5.97 Å². The number of benzene rings is 1. The van der Waals surface area contributed by atoms with E-state index in [1.165, 1.54) is 29.5 Å². The number of hydrogen-bond acceptors (Lipinski definition) is 3. The van der Waals surface area contributed by atoms with E-state index in [0.29, 0.717) is 5.69 Å². The monoisotopic (exact) mass is 295 g/mol. The summed E-state index contributed by atoms with van der Waals surface area (Å²) in [5.41, 5.74) is 1.42. The van der Waals surface area contributed by atoms with Gasteiger partial charge in [0, 0.05) is 0 Å². The molecule has 6 heteroatoms. The second-order valence-corrected chi connectivity index (χ2v) is 5.04. The number of thiophene rings is 1. The second-order valence-electron chi connectivity index (χ2n) is 3.86. The molecule has 1 aromatic carbocycles. The summed E-state index contributed by atoms with van der Waals surface area (Å²) in [7, 11) is 0. The molecule has 0 atom stereocenters. The van der Waals surface area contributed by atoms with Crippen molar-refractivity contribution in [2.45, 2.75) is 6.42 Å². The molecule has 0 bridgehead atoms. The lowest BCUT2D eigenvalue weighted by Gasteiger charge is -2.07. The lowest BCUT2D eigenvalue weighted by molar-refractivity contribution is -0.115. The summed E-state index contributed by atoms with van der Waals surface area (Å²) in [5, 5.41) is 15.5. The summed E-state index contributed by atoms with van der Waals surface area (Å²) in [4.78, 5) is 22.5. The predicted molar refractivity (Wildman–Crippen MR) is 75.1 cm³/mol. The smallest absolute Gasteiger partial charge is 0.335 e. The minimum absolute atomic E-state index is 0.0841. The third-order valence-corrected chi connectivity index (χ3v) is 3.48. The molecule has 2 rings (SSSR count). The molecule has 0 aliphatic rings. The second kappa shape index (κ2) is 5.86. The topological polar surface area (TPSA) is 66.4 Å². The lowest BCUT2D eigenvalue weighted by Crippen LogP contribution is -2.14. The van der Waals surface area contributed by atoms with Gasteiger partial charge in [-0.2, -0.15) is 11.3 Å². The highest BCUT2D eigenvalue weighted by atomic mass is 35.5. The molecule has 1 heterocycles. The number of amides is 1. The quantitative estimate of drug-likeness (QED) is 0.909. The predicted octanol–water partition coefficient (Wildman–Crippen LogP) is 3.28. The van der Waals surface area contributed by atoms with E-state index in [2.05, 4.69) is 5.32 Å². The molecule has 0 fully saturated rings. The lowest BCUT2D eigenvalue weighted by atomic mass is 10.2. The number of aromatic carboxylic acids is 1. The molecule has 1 aromatic heterocycles. The van der Waals surface area contributed by atoms with Crippen LogP contribution in [0.25, 0.3) is 0 Å². The van der Waals surface area contributed by atoms with Gasteiger partial charge in [-0.3, -0.25) is 4.79 Å². The zero-order valence-corrected chi connectivity index (χ0v) is 11.3. The number of nitrogens with one attached hydrogen (secondary N) is 1. The Balaban J connectivity index is 2.07. The Labute approximate surface area is 118 Å². The minimum Gasteiger partial charge on any atom is -0.478 e. The molecular formula is C13H10ClNO3S. The van der Waals surface area contributed by atoms with Gasteiger partial charge in [0.05, 0.1) is 22.7 Å². The number of carboxylic acids is 1. The van der Waals surface area contributed by atoms with Crippen LogP contribution >= 0.6 is 22.9 Å². The SMILES string of the molecule is O=C(Cc1ccsc1)Nc1ccc(C(=O)O)cc1Cl. The Kier molecular flexibility index (Phi) is 4.19. The van der Waals surface area contributed by atoms with Gasteiger partial charge < -0.3 is 10.4 Å². The fourth-order valence-corrected chi connectivity index (χ4v) is 2.42. The van der Waals surface area contributed by atoms with Crippen molar-refractivity contribution in [2.75, 3.05) is 5.32 Å². The number of halogens is 1. The minimum atomic E-state index is -1.06. The molecule has 98 valence electrons. The van der Waals surface area contributed by atoms with Crippen molar-refractivity contribution >= 4 is 40.5 Å². The van der Waals surface area contributed by atoms with Crippen LogP contribution < -0.4 is 5.32 Å². The van der Waals surface area contributed by atoms with E-state index in [4.69, 9.17) is 16.7 Å². The molecular weight excluding hydrogens is 286 g/mol. The molecule has 0 aliphatic carbocycles. The van der Waals surface area contributed by atoms with E-state index in [0.717, 1.165) is 5.56 Å². The van der Waals surface area contributed by atoms with Crippen LogP contribution in [0.1, 0.15) is 15.9 Å². The summed E-state index contributed by atoms with van der Waals surface area (Å²) in [6.45, 7) is 0. The average Bonchev–Trinajstić information content (AvgIpc) is 2.84. The van der Waals surface area contributed by atoms with E-state index in [1.54, 1.807) is 0 Å².